The van der Waals surface area contributed by atoms with Gasteiger partial charge in [0, 0.05) is 31.1 Å². The number of carbonyl (C=O) groups excluding carboxylic acids is 1. The van der Waals surface area contributed by atoms with Crippen LogP contribution in [0.15, 0.2) is 35.2 Å². The van der Waals surface area contributed by atoms with Crippen molar-refractivity contribution < 1.29 is 4.79 Å². The average molecular weight is 352 g/mol. The van der Waals surface area contributed by atoms with E-state index in [1.807, 2.05) is 34.0 Å². The molecule has 2 atom stereocenters. The Bertz CT molecular complexity index is 798. The van der Waals surface area contributed by atoms with Crippen molar-refractivity contribution in [3.63, 3.8) is 0 Å². The van der Waals surface area contributed by atoms with E-state index in [2.05, 4.69) is 22.0 Å². The molecule has 3 aliphatic rings. The van der Waals surface area contributed by atoms with Gasteiger partial charge in [-0.15, -0.1) is 11.3 Å². The van der Waals surface area contributed by atoms with E-state index >= 15 is 0 Å². The first-order valence-electron chi connectivity index (χ1n) is 8.62. The summed E-state index contributed by atoms with van der Waals surface area (Å²) in [7, 11) is 0. The SMILES string of the molecule is N#Cc1cccc(CN2CC3CCC(C2)N(Cc2cscn2)C3=O)c1. The lowest BCUT2D eigenvalue weighted by molar-refractivity contribution is -0.140. The van der Waals surface area contributed by atoms with E-state index in [-0.39, 0.29) is 17.9 Å². The Kier molecular flexibility index (Phi) is 4.51. The second-order valence-corrected chi connectivity index (χ2v) is 7.60. The molecule has 1 amide bonds. The third-order valence-corrected chi connectivity index (χ3v) is 5.78. The maximum absolute atomic E-state index is 12.9. The van der Waals surface area contributed by atoms with E-state index in [1.165, 1.54) is 0 Å². The van der Waals surface area contributed by atoms with Gasteiger partial charge in [-0.25, -0.2) is 4.98 Å². The van der Waals surface area contributed by atoms with Crippen molar-refractivity contribution in [3.8, 4) is 6.07 Å². The normalized spacial score (nSPS) is 23.5. The van der Waals surface area contributed by atoms with Crippen LogP contribution in [0, 0.1) is 17.2 Å². The number of hydrogen-bond acceptors (Lipinski definition) is 5. The Morgan fingerprint density at radius 2 is 2.20 bits per heavy atom. The van der Waals surface area contributed by atoms with Gasteiger partial charge in [-0.05, 0) is 30.5 Å². The van der Waals surface area contributed by atoms with Gasteiger partial charge in [-0.3, -0.25) is 9.69 Å². The third kappa shape index (κ3) is 3.44. The molecule has 0 saturated carbocycles. The summed E-state index contributed by atoms with van der Waals surface area (Å²) in [4.78, 5) is 21.6. The van der Waals surface area contributed by atoms with Crippen LogP contribution in [0.4, 0.5) is 0 Å². The molecular weight excluding hydrogens is 332 g/mol. The number of rotatable bonds is 4. The maximum atomic E-state index is 12.9. The Hall–Kier alpha value is -2.23. The summed E-state index contributed by atoms with van der Waals surface area (Å²) >= 11 is 1.57. The zero-order valence-electron chi connectivity index (χ0n) is 14.0. The van der Waals surface area contributed by atoms with Gasteiger partial charge in [0.15, 0.2) is 0 Å². The number of nitrogens with zero attached hydrogens (tertiary/aromatic N) is 4. The van der Waals surface area contributed by atoms with Crippen LogP contribution < -0.4 is 0 Å². The minimum Gasteiger partial charge on any atom is -0.332 e. The molecule has 5 rings (SSSR count). The highest BCUT2D eigenvalue weighted by molar-refractivity contribution is 7.07. The van der Waals surface area contributed by atoms with Crippen LogP contribution in [-0.4, -0.2) is 39.8 Å². The number of carbonyl (C=O) groups is 1. The van der Waals surface area contributed by atoms with Crippen molar-refractivity contribution in [2.24, 2.45) is 5.92 Å². The molecule has 2 aromatic rings. The molecule has 25 heavy (non-hydrogen) atoms. The Morgan fingerprint density at radius 1 is 1.28 bits per heavy atom. The molecule has 0 spiro atoms. The summed E-state index contributed by atoms with van der Waals surface area (Å²) < 4.78 is 0. The maximum Gasteiger partial charge on any atom is 0.227 e. The minimum atomic E-state index is 0.0801. The topological polar surface area (TPSA) is 60.2 Å². The molecule has 3 saturated heterocycles. The van der Waals surface area contributed by atoms with E-state index in [0.29, 0.717) is 12.1 Å². The van der Waals surface area contributed by atoms with Crippen LogP contribution in [0.2, 0.25) is 0 Å². The first kappa shape index (κ1) is 16.2. The second-order valence-electron chi connectivity index (χ2n) is 6.88. The standard InChI is InChI=1S/C19H20N4OS/c20-7-14-2-1-3-15(6-14)8-22-9-16-4-5-18(11-22)23(19(16)24)10-17-12-25-13-21-17/h1-3,6,12-13,16,18H,4-5,8-11H2. The smallest absolute Gasteiger partial charge is 0.227 e. The fourth-order valence-electron chi connectivity index (χ4n) is 3.95. The lowest BCUT2D eigenvalue weighted by Gasteiger charge is -2.35. The molecule has 6 heteroatoms. The van der Waals surface area contributed by atoms with Gasteiger partial charge in [0.2, 0.25) is 5.91 Å². The van der Waals surface area contributed by atoms with E-state index in [4.69, 9.17) is 5.26 Å². The van der Waals surface area contributed by atoms with Gasteiger partial charge in [-0.1, -0.05) is 12.1 Å². The molecule has 3 fully saturated rings. The van der Waals surface area contributed by atoms with Crippen molar-refractivity contribution in [2.45, 2.75) is 32.0 Å². The highest BCUT2D eigenvalue weighted by Crippen LogP contribution is 2.31. The first-order valence-corrected chi connectivity index (χ1v) is 9.56. The molecule has 0 aliphatic carbocycles. The zero-order chi connectivity index (χ0) is 17.2. The summed E-state index contributed by atoms with van der Waals surface area (Å²) in [5, 5.41) is 11.1. The molecule has 128 valence electrons. The Balaban J connectivity index is 1.50. The summed E-state index contributed by atoms with van der Waals surface area (Å²) in [5.41, 5.74) is 4.64. The predicted octanol–water partition coefficient (Wildman–Crippen LogP) is 2.64. The fraction of sp³-hybridized carbons (Fsp3) is 0.421. The van der Waals surface area contributed by atoms with Gasteiger partial charge in [-0.2, -0.15) is 5.26 Å². The molecule has 0 radical (unpaired) electrons. The monoisotopic (exact) mass is 352 g/mol. The number of piperidine rings is 1. The highest BCUT2D eigenvalue weighted by atomic mass is 32.1. The number of hydrogen-bond donors (Lipinski definition) is 0. The van der Waals surface area contributed by atoms with E-state index in [0.717, 1.165) is 43.7 Å². The molecule has 0 N–H and O–H groups in total. The van der Waals surface area contributed by atoms with Gasteiger partial charge in [0.25, 0.3) is 0 Å². The number of nitriles is 1. The van der Waals surface area contributed by atoms with Crippen LogP contribution >= 0.6 is 11.3 Å². The van der Waals surface area contributed by atoms with Crippen LogP contribution in [-0.2, 0) is 17.9 Å². The lowest BCUT2D eigenvalue weighted by atomic mass is 9.94. The van der Waals surface area contributed by atoms with Gasteiger partial charge in [0.1, 0.15) is 0 Å². The largest absolute Gasteiger partial charge is 0.332 e. The summed E-state index contributed by atoms with van der Waals surface area (Å²) in [6.45, 7) is 3.12. The molecule has 3 aliphatic heterocycles. The Labute approximate surface area is 151 Å². The van der Waals surface area contributed by atoms with Crippen molar-refractivity contribution in [3.05, 3.63) is 52.0 Å². The van der Waals surface area contributed by atoms with Gasteiger partial charge in [0.05, 0.1) is 35.3 Å². The number of fused-ring (bicyclic) bond motifs is 4. The summed E-state index contributed by atoms with van der Waals surface area (Å²) in [6, 6.07) is 10.2. The summed E-state index contributed by atoms with van der Waals surface area (Å²) in [6.07, 6.45) is 2.04. The second kappa shape index (κ2) is 6.95. The van der Waals surface area contributed by atoms with Crippen molar-refractivity contribution in [2.75, 3.05) is 13.1 Å². The van der Waals surface area contributed by atoms with E-state index in [1.54, 1.807) is 11.3 Å². The third-order valence-electron chi connectivity index (χ3n) is 5.15. The molecule has 1 aromatic carbocycles. The molecule has 4 heterocycles. The van der Waals surface area contributed by atoms with Crippen molar-refractivity contribution in [1.82, 2.24) is 14.8 Å². The molecular formula is C19H20N4OS. The van der Waals surface area contributed by atoms with Crippen LogP contribution in [0.3, 0.4) is 0 Å². The van der Waals surface area contributed by atoms with Crippen LogP contribution in [0.5, 0.6) is 0 Å². The average Bonchev–Trinajstić information content (AvgIpc) is 3.01. The number of amides is 1. The highest BCUT2D eigenvalue weighted by Gasteiger charge is 2.40. The van der Waals surface area contributed by atoms with Crippen molar-refractivity contribution >= 4 is 17.2 Å². The first-order chi connectivity index (χ1) is 12.2. The van der Waals surface area contributed by atoms with E-state index in [9.17, 15) is 4.79 Å². The molecule has 2 bridgehead atoms. The number of benzene rings is 1. The van der Waals surface area contributed by atoms with Gasteiger partial charge >= 0.3 is 0 Å². The van der Waals surface area contributed by atoms with Crippen LogP contribution in [0.25, 0.3) is 0 Å². The minimum absolute atomic E-state index is 0.0801. The molecule has 2 unspecified atom stereocenters. The predicted molar refractivity (Wildman–Crippen MR) is 95.6 cm³/mol. The van der Waals surface area contributed by atoms with Crippen molar-refractivity contribution in [1.29, 1.82) is 5.26 Å². The quantitative estimate of drug-likeness (QED) is 0.849. The Morgan fingerprint density at radius 3 is 3.00 bits per heavy atom. The fourth-order valence-corrected chi connectivity index (χ4v) is 4.50. The molecule has 1 aromatic heterocycles. The number of aromatic nitrogens is 1. The molecule has 5 nitrogen and oxygen atoms in total. The number of thiazole rings is 1. The van der Waals surface area contributed by atoms with Crippen LogP contribution in [0.1, 0.15) is 29.7 Å². The van der Waals surface area contributed by atoms with E-state index < -0.39 is 0 Å². The summed E-state index contributed by atoms with van der Waals surface area (Å²) in [5.74, 6) is 0.356. The lowest BCUT2D eigenvalue weighted by Crippen LogP contribution is -2.47. The van der Waals surface area contributed by atoms with Gasteiger partial charge < -0.3 is 4.90 Å². The zero-order valence-corrected chi connectivity index (χ0v) is 14.8.